The molecule has 3 atom stereocenters. The van der Waals surface area contributed by atoms with Gasteiger partial charge in [-0.05, 0) is 54.2 Å². The van der Waals surface area contributed by atoms with Gasteiger partial charge in [0.2, 0.25) is 0 Å². The van der Waals surface area contributed by atoms with Gasteiger partial charge in [-0.15, -0.1) is 0 Å². The molecule has 1 heterocycles. The van der Waals surface area contributed by atoms with Crippen molar-refractivity contribution in [3.63, 3.8) is 0 Å². The molecule has 1 N–H and O–H groups in total. The van der Waals surface area contributed by atoms with Crippen LogP contribution in [0.5, 0.6) is 0 Å². The van der Waals surface area contributed by atoms with Crippen molar-refractivity contribution in [1.29, 1.82) is 0 Å². The van der Waals surface area contributed by atoms with Crippen LogP contribution in [-0.4, -0.2) is 6.21 Å². The number of aliphatic imine (C=N–C) groups is 1. The molecule has 0 spiro atoms. The van der Waals surface area contributed by atoms with Crippen LogP contribution < -0.4 is 5.32 Å². The number of fused-ring (bicyclic) bond motifs is 3. The molecule has 0 saturated carbocycles. The lowest BCUT2D eigenvalue weighted by Gasteiger charge is -2.37. The maximum Gasteiger partial charge on any atom is 0.0630 e. The molecule has 1 aliphatic carbocycles. The minimum absolute atomic E-state index is 0.336. The van der Waals surface area contributed by atoms with E-state index in [4.69, 9.17) is 0 Å². The van der Waals surface area contributed by atoms with E-state index in [0.717, 1.165) is 17.7 Å². The van der Waals surface area contributed by atoms with Crippen LogP contribution in [0.25, 0.3) is 0 Å². The van der Waals surface area contributed by atoms with Crippen molar-refractivity contribution in [2.45, 2.75) is 25.3 Å². The highest BCUT2D eigenvalue weighted by molar-refractivity contribution is 5.81. The number of allylic oxidation sites excluding steroid dienone is 2. The zero-order valence-corrected chi connectivity index (χ0v) is 16.0. The summed E-state index contributed by atoms with van der Waals surface area (Å²) in [5.74, 6) is 1.09. The van der Waals surface area contributed by atoms with E-state index >= 15 is 0 Å². The average Bonchev–Trinajstić information content (AvgIpc) is 3.23. The summed E-state index contributed by atoms with van der Waals surface area (Å²) in [5.41, 5.74) is 7.49. The number of nitrogens with zero attached hydrogens (tertiary/aromatic N) is 1. The molecule has 2 aliphatic rings. The predicted molar refractivity (Wildman–Crippen MR) is 118 cm³/mol. The van der Waals surface area contributed by atoms with Crippen molar-refractivity contribution in [2.75, 3.05) is 5.32 Å². The molecule has 0 bridgehead atoms. The molecule has 3 aromatic rings. The summed E-state index contributed by atoms with van der Waals surface area (Å²) in [5, 5.41) is 3.81. The summed E-state index contributed by atoms with van der Waals surface area (Å²) in [6, 6.07) is 26.0. The molecule has 2 heteroatoms. The number of aryl methyl sites for hydroxylation is 1. The van der Waals surface area contributed by atoms with Gasteiger partial charge in [0.25, 0.3) is 0 Å². The number of hydrogen-bond donors (Lipinski definition) is 1. The third kappa shape index (κ3) is 3.16. The Morgan fingerprint density at radius 3 is 2.61 bits per heavy atom. The monoisotopic (exact) mass is 364 g/mol. The first kappa shape index (κ1) is 17.0. The van der Waals surface area contributed by atoms with E-state index in [1.165, 1.54) is 22.4 Å². The zero-order valence-electron chi connectivity index (χ0n) is 16.0. The molecule has 0 saturated heterocycles. The Bertz CT molecular complexity index is 1030. The fourth-order valence-electron chi connectivity index (χ4n) is 4.50. The Balaban J connectivity index is 1.40. The van der Waals surface area contributed by atoms with E-state index in [2.05, 4.69) is 84.0 Å². The Morgan fingerprint density at radius 2 is 1.79 bits per heavy atom. The van der Waals surface area contributed by atoms with Crippen molar-refractivity contribution in [2.24, 2.45) is 10.9 Å². The highest BCUT2D eigenvalue weighted by atomic mass is 15.0. The molecule has 0 aromatic heterocycles. The smallest absolute Gasteiger partial charge is 0.0630 e. The van der Waals surface area contributed by atoms with Crippen LogP contribution in [0.15, 0.2) is 89.9 Å². The SMILES string of the molecule is Cc1ccc2c(c1)[C@H]1C=CC[C@@H]1[C@H](c1ccc(N=Cc3ccccc3)cc1)N2. The van der Waals surface area contributed by atoms with Crippen molar-refractivity contribution in [1.82, 2.24) is 0 Å². The largest absolute Gasteiger partial charge is 0.378 e. The quantitative estimate of drug-likeness (QED) is 0.412. The van der Waals surface area contributed by atoms with Crippen LogP contribution in [0.3, 0.4) is 0 Å². The highest BCUT2D eigenvalue weighted by Gasteiger charge is 2.37. The summed E-state index contributed by atoms with van der Waals surface area (Å²) >= 11 is 0. The number of anilines is 1. The summed E-state index contributed by atoms with van der Waals surface area (Å²) in [6.45, 7) is 2.18. The third-order valence-electron chi connectivity index (χ3n) is 5.93. The summed E-state index contributed by atoms with van der Waals surface area (Å²) in [4.78, 5) is 4.62. The van der Waals surface area contributed by atoms with E-state index in [-0.39, 0.29) is 0 Å². The van der Waals surface area contributed by atoms with Gasteiger partial charge in [-0.25, -0.2) is 0 Å². The average molecular weight is 364 g/mol. The van der Waals surface area contributed by atoms with Gasteiger partial charge in [0.1, 0.15) is 0 Å². The van der Waals surface area contributed by atoms with E-state index in [9.17, 15) is 0 Å². The number of hydrogen-bond acceptors (Lipinski definition) is 2. The molecule has 1 aliphatic heterocycles. The van der Waals surface area contributed by atoms with Gasteiger partial charge in [0.15, 0.2) is 0 Å². The Morgan fingerprint density at radius 1 is 0.964 bits per heavy atom. The molecular formula is C26H24N2. The van der Waals surface area contributed by atoms with Crippen LogP contribution in [0.4, 0.5) is 11.4 Å². The Kier molecular flexibility index (Phi) is 4.32. The van der Waals surface area contributed by atoms with Crippen molar-refractivity contribution in [3.8, 4) is 0 Å². The molecular weight excluding hydrogens is 340 g/mol. The van der Waals surface area contributed by atoms with Crippen LogP contribution >= 0.6 is 0 Å². The first-order chi connectivity index (χ1) is 13.8. The minimum Gasteiger partial charge on any atom is -0.378 e. The number of rotatable bonds is 3. The lowest BCUT2D eigenvalue weighted by molar-refractivity contribution is 0.425. The van der Waals surface area contributed by atoms with Gasteiger partial charge in [-0.1, -0.05) is 72.3 Å². The second-order valence-electron chi connectivity index (χ2n) is 7.83. The second kappa shape index (κ2) is 7.12. The normalized spacial score (nSPS) is 22.7. The predicted octanol–water partition coefficient (Wildman–Crippen LogP) is 6.57. The molecule has 2 nitrogen and oxygen atoms in total. The van der Waals surface area contributed by atoms with Gasteiger partial charge in [0.05, 0.1) is 11.7 Å². The first-order valence-electron chi connectivity index (χ1n) is 10.0. The molecule has 0 unspecified atom stereocenters. The van der Waals surface area contributed by atoms with Gasteiger partial charge < -0.3 is 5.32 Å². The number of benzene rings is 3. The van der Waals surface area contributed by atoms with Gasteiger partial charge in [-0.3, -0.25) is 4.99 Å². The lowest BCUT2D eigenvalue weighted by atomic mass is 9.76. The third-order valence-corrected chi connectivity index (χ3v) is 5.93. The van der Waals surface area contributed by atoms with Crippen LogP contribution in [0.1, 0.15) is 40.6 Å². The number of nitrogens with one attached hydrogen (secondary N) is 1. The summed E-state index contributed by atoms with van der Waals surface area (Å²) in [7, 11) is 0. The fraction of sp³-hybridized carbons (Fsp3) is 0.192. The second-order valence-corrected chi connectivity index (χ2v) is 7.83. The van der Waals surface area contributed by atoms with Crippen molar-refractivity contribution < 1.29 is 0 Å². The van der Waals surface area contributed by atoms with Crippen molar-refractivity contribution in [3.05, 3.63) is 107 Å². The molecule has 3 aromatic carbocycles. The van der Waals surface area contributed by atoms with E-state index < -0.39 is 0 Å². The molecule has 28 heavy (non-hydrogen) atoms. The van der Waals surface area contributed by atoms with Crippen molar-refractivity contribution >= 4 is 17.6 Å². The standard InChI is InChI=1S/C26H24N2/c1-18-10-15-25-24(16-18)22-8-5-9-23(22)26(28-25)20-11-13-21(14-12-20)27-17-19-6-3-2-4-7-19/h2-8,10-17,22-23,26,28H,9H2,1H3/t22-,23-,26-/m0/s1. The topological polar surface area (TPSA) is 24.4 Å². The maximum atomic E-state index is 4.62. The van der Waals surface area contributed by atoms with E-state index in [1.54, 1.807) is 0 Å². The van der Waals surface area contributed by atoms with Crippen LogP contribution in [-0.2, 0) is 0 Å². The summed E-state index contributed by atoms with van der Waals surface area (Å²) < 4.78 is 0. The lowest BCUT2D eigenvalue weighted by Crippen LogP contribution is -2.29. The Hall–Kier alpha value is -3.13. The van der Waals surface area contributed by atoms with E-state index in [0.29, 0.717) is 17.9 Å². The van der Waals surface area contributed by atoms with Crippen LogP contribution in [0, 0.1) is 12.8 Å². The van der Waals surface area contributed by atoms with Crippen LogP contribution in [0.2, 0.25) is 0 Å². The zero-order chi connectivity index (χ0) is 18.9. The molecule has 0 amide bonds. The first-order valence-corrected chi connectivity index (χ1v) is 10.0. The van der Waals surface area contributed by atoms with E-state index in [1.807, 2.05) is 24.4 Å². The Labute approximate surface area is 166 Å². The maximum absolute atomic E-state index is 4.62. The highest BCUT2D eigenvalue weighted by Crippen LogP contribution is 2.49. The molecule has 138 valence electrons. The molecule has 0 fully saturated rings. The van der Waals surface area contributed by atoms with Gasteiger partial charge in [0, 0.05) is 17.8 Å². The minimum atomic E-state index is 0.336. The molecule has 5 rings (SSSR count). The molecule has 0 radical (unpaired) electrons. The van der Waals surface area contributed by atoms with Gasteiger partial charge >= 0.3 is 0 Å². The fourth-order valence-corrected chi connectivity index (χ4v) is 4.50. The summed E-state index contributed by atoms with van der Waals surface area (Å²) in [6.07, 6.45) is 7.79. The van der Waals surface area contributed by atoms with Gasteiger partial charge in [-0.2, -0.15) is 0 Å².